The van der Waals surface area contributed by atoms with Gasteiger partial charge in [-0.3, -0.25) is 19.2 Å². The van der Waals surface area contributed by atoms with Crippen molar-refractivity contribution >= 4 is 58.1 Å². The van der Waals surface area contributed by atoms with E-state index in [4.69, 9.17) is 0 Å². The largest absolute Gasteiger partial charge is 0.508 e. The number of carboxylic acid groups (broad SMARTS) is 2. The van der Waals surface area contributed by atoms with Crippen molar-refractivity contribution in [1.29, 1.82) is 0 Å². The molecule has 4 aromatic rings. The molecule has 2 aliphatic heterocycles. The van der Waals surface area contributed by atoms with E-state index < -0.39 is 58.6 Å². The average molecular weight is 841 g/mol. The first-order valence-electron chi connectivity index (χ1n) is 19.2. The van der Waals surface area contributed by atoms with Crippen LogP contribution in [0.15, 0.2) is 120 Å². The van der Waals surface area contributed by atoms with Gasteiger partial charge in [0.15, 0.2) is 11.6 Å². The van der Waals surface area contributed by atoms with Crippen LogP contribution in [0, 0.1) is 0 Å². The Hall–Kier alpha value is -7.82. The Morgan fingerprint density at radius 2 is 0.968 bits per heavy atom. The number of phenolic OH excluding ortho intramolecular Hbond substituents is 2. The molecule has 7 rings (SSSR count). The lowest BCUT2D eigenvalue weighted by Gasteiger charge is -2.31. The molecule has 4 atom stereocenters. The van der Waals surface area contributed by atoms with Gasteiger partial charge in [0.05, 0.1) is 46.1 Å². The summed E-state index contributed by atoms with van der Waals surface area (Å²) in [7, 11) is 0. The SMILES string of the molecule is CC1=CCC(O)c2cc(O)cc3c2C(Nc2ccccc2C(=O)O)(C(=O)C=CC(C)=CCC(O)c2cc(O)cc4c2C(Nc2ccccc2C(=O)O)(C(=O)C=C1)C(=O)N4)C(=O)N3. The van der Waals surface area contributed by atoms with Crippen LogP contribution in [0.3, 0.4) is 0 Å². The highest BCUT2D eigenvalue weighted by atomic mass is 16.4. The first kappa shape index (κ1) is 42.3. The Labute approximate surface area is 353 Å². The number of phenols is 2. The number of nitrogens with one attached hydrogen (secondary N) is 4. The van der Waals surface area contributed by atoms with Crippen LogP contribution in [-0.2, 0) is 30.3 Å². The van der Waals surface area contributed by atoms with E-state index in [0.29, 0.717) is 11.1 Å². The zero-order valence-electron chi connectivity index (χ0n) is 33.1. The fourth-order valence-electron chi connectivity index (χ4n) is 7.96. The second-order valence-electron chi connectivity index (χ2n) is 15.1. The molecular weight excluding hydrogens is 801 g/mol. The molecule has 0 fully saturated rings. The average Bonchev–Trinajstić information content (AvgIpc) is 3.67. The molecule has 316 valence electrons. The van der Waals surface area contributed by atoms with Crippen molar-refractivity contribution in [3.8, 4) is 11.5 Å². The van der Waals surface area contributed by atoms with Gasteiger partial charge in [0, 0.05) is 23.3 Å². The molecule has 0 bridgehead atoms. The van der Waals surface area contributed by atoms with E-state index in [1.807, 2.05) is 0 Å². The van der Waals surface area contributed by atoms with E-state index >= 15 is 0 Å². The zero-order valence-corrected chi connectivity index (χ0v) is 33.1. The maximum atomic E-state index is 14.6. The van der Waals surface area contributed by atoms with E-state index in [0.717, 1.165) is 12.2 Å². The summed E-state index contributed by atoms with van der Waals surface area (Å²) in [5, 5.41) is 76.0. The summed E-state index contributed by atoms with van der Waals surface area (Å²) in [5.41, 5.74) is -5.14. The number of hydrogen-bond acceptors (Lipinski definition) is 12. The van der Waals surface area contributed by atoms with E-state index in [-0.39, 0.29) is 80.5 Å². The second-order valence-corrected chi connectivity index (χ2v) is 15.1. The fraction of sp³-hybridized carbons (Fsp3) is 0.174. The third-order valence-electron chi connectivity index (χ3n) is 11.0. The minimum absolute atomic E-state index is 0.0341. The molecule has 16 nitrogen and oxygen atoms in total. The van der Waals surface area contributed by atoms with Crippen molar-refractivity contribution in [1.82, 2.24) is 0 Å². The highest BCUT2D eigenvalue weighted by Crippen LogP contribution is 2.48. The lowest BCUT2D eigenvalue weighted by molar-refractivity contribution is -0.130. The number of carboxylic acids is 2. The Morgan fingerprint density at radius 1 is 0.597 bits per heavy atom. The van der Waals surface area contributed by atoms with Crippen LogP contribution in [0.1, 0.15) is 81.9 Å². The number of carbonyl (C=O) groups excluding carboxylic acids is 4. The number of rotatable bonds is 6. The number of aromatic hydroxyl groups is 2. The van der Waals surface area contributed by atoms with Crippen LogP contribution in [0.25, 0.3) is 0 Å². The number of carbonyl (C=O) groups is 6. The van der Waals surface area contributed by atoms with Gasteiger partial charge in [0.2, 0.25) is 11.1 Å². The number of aliphatic hydroxyl groups is 2. The fourth-order valence-corrected chi connectivity index (χ4v) is 7.96. The smallest absolute Gasteiger partial charge is 0.337 e. The van der Waals surface area contributed by atoms with E-state index in [1.54, 1.807) is 13.8 Å². The van der Waals surface area contributed by atoms with Crippen LogP contribution < -0.4 is 21.3 Å². The molecule has 0 radical (unpaired) electrons. The quantitative estimate of drug-likeness (QED) is 0.104. The molecule has 0 saturated carbocycles. The lowest BCUT2D eigenvalue weighted by atomic mass is 9.80. The highest BCUT2D eigenvalue weighted by molar-refractivity contribution is 6.27. The molecule has 3 aliphatic rings. The van der Waals surface area contributed by atoms with Gasteiger partial charge in [-0.15, -0.1) is 0 Å². The summed E-state index contributed by atoms with van der Waals surface area (Å²) in [6.07, 6.45) is 4.35. The molecule has 2 heterocycles. The van der Waals surface area contributed by atoms with Crippen molar-refractivity contribution < 1.29 is 59.4 Å². The zero-order chi connectivity index (χ0) is 44.7. The molecule has 0 saturated heterocycles. The van der Waals surface area contributed by atoms with Gasteiger partial charge in [0.1, 0.15) is 11.5 Å². The van der Waals surface area contributed by atoms with Crippen LogP contribution >= 0.6 is 0 Å². The van der Waals surface area contributed by atoms with Crippen LogP contribution in [0.4, 0.5) is 22.7 Å². The maximum Gasteiger partial charge on any atom is 0.337 e. The Morgan fingerprint density at radius 3 is 1.34 bits per heavy atom. The number of aliphatic hydroxyl groups excluding tert-OH is 2. The van der Waals surface area contributed by atoms with Gasteiger partial charge in [-0.25, -0.2) is 9.59 Å². The summed E-state index contributed by atoms with van der Waals surface area (Å²) in [5.74, 6) is -7.10. The van der Waals surface area contributed by atoms with Crippen LogP contribution in [0.5, 0.6) is 11.5 Å². The monoisotopic (exact) mass is 840 g/mol. The molecule has 4 unspecified atom stereocenters. The number of allylic oxidation sites excluding steroid dienone is 4. The molecule has 1 aliphatic carbocycles. The van der Waals surface area contributed by atoms with Gasteiger partial charge < -0.3 is 51.9 Å². The third-order valence-corrected chi connectivity index (χ3v) is 11.0. The van der Waals surface area contributed by atoms with Crippen molar-refractivity contribution in [2.45, 2.75) is 50.0 Å². The number of benzene rings is 4. The predicted octanol–water partition coefficient (Wildman–Crippen LogP) is 5.72. The van der Waals surface area contributed by atoms with Gasteiger partial charge >= 0.3 is 11.9 Å². The van der Waals surface area contributed by atoms with E-state index in [2.05, 4.69) is 21.3 Å². The van der Waals surface area contributed by atoms with Crippen molar-refractivity contribution in [2.75, 3.05) is 21.3 Å². The van der Waals surface area contributed by atoms with Gasteiger partial charge in [-0.05, 0) is 86.4 Å². The molecule has 0 aromatic heterocycles. The minimum Gasteiger partial charge on any atom is -0.508 e. The molecule has 10 N–H and O–H groups in total. The lowest BCUT2D eigenvalue weighted by Crippen LogP contribution is -2.49. The first-order chi connectivity index (χ1) is 29.5. The number of para-hydroxylation sites is 2. The number of aromatic carboxylic acids is 2. The standard InChI is InChI=1S/C46H40N4O12/c1-23-11-15-35(53)29-19-25(51)21-33-39(29)46(44(62)48-33,50-32-10-6-4-8-28(32)42(59)60)38(56)18-14-24(2)12-16-36(54)30-20-26(52)22-34-40(30)45(43(61)47-34,37(55)17-13-23)49-31-9-5-3-7-27(31)41(57)58/h3-14,17-22,35-36,49-54H,15-16H2,1-2H3,(H,47,61)(H,48,62)(H,57,58)(H,59,60). The Kier molecular flexibility index (Phi) is 11.1. The molecular formula is C46H40N4O12. The summed E-state index contributed by atoms with van der Waals surface area (Å²) in [6.45, 7) is 3.15. The van der Waals surface area contributed by atoms with Crippen molar-refractivity contribution in [2.24, 2.45) is 0 Å². The maximum absolute atomic E-state index is 14.6. The third kappa shape index (κ3) is 7.37. The number of hydrogen-bond donors (Lipinski definition) is 10. The molecule has 4 aromatic carbocycles. The Balaban J connectivity index is 1.41. The van der Waals surface area contributed by atoms with Crippen LogP contribution in [0.2, 0.25) is 0 Å². The highest BCUT2D eigenvalue weighted by Gasteiger charge is 2.56. The van der Waals surface area contributed by atoms with E-state index in [1.165, 1.54) is 97.1 Å². The predicted molar refractivity (Wildman–Crippen MR) is 226 cm³/mol. The number of ketones is 2. The second kappa shape index (κ2) is 16.3. The normalized spacial score (nSPS) is 22.4. The number of anilines is 4. The van der Waals surface area contributed by atoms with Crippen molar-refractivity contribution in [3.05, 3.63) is 154 Å². The van der Waals surface area contributed by atoms with Gasteiger partial charge in [-0.2, -0.15) is 0 Å². The topological polar surface area (TPSA) is 272 Å². The Bertz CT molecular complexity index is 2550. The molecule has 62 heavy (non-hydrogen) atoms. The van der Waals surface area contributed by atoms with Crippen LogP contribution in [-0.4, -0.2) is 66.0 Å². The first-order valence-corrected chi connectivity index (χ1v) is 19.2. The minimum atomic E-state index is -2.38. The molecule has 0 spiro atoms. The molecule has 16 heteroatoms. The summed E-state index contributed by atoms with van der Waals surface area (Å²) >= 11 is 0. The van der Waals surface area contributed by atoms with Gasteiger partial charge in [0.25, 0.3) is 11.8 Å². The van der Waals surface area contributed by atoms with Gasteiger partial charge in [-0.1, -0.05) is 59.7 Å². The van der Waals surface area contributed by atoms with Crippen molar-refractivity contribution in [3.63, 3.8) is 0 Å². The summed E-state index contributed by atoms with van der Waals surface area (Å²) in [4.78, 5) is 82.2. The molecule has 2 amide bonds. The summed E-state index contributed by atoms with van der Waals surface area (Å²) in [6, 6.07) is 16.0. The van der Waals surface area contributed by atoms with E-state index in [9.17, 15) is 59.4 Å². The number of amides is 2. The summed E-state index contributed by atoms with van der Waals surface area (Å²) < 4.78 is 0.